The van der Waals surface area contributed by atoms with Gasteiger partial charge < -0.3 is 15.5 Å². The molecule has 1 saturated heterocycles. The Morgan fingerprint density at radius 1 is 1.20 bits per heavy atom. The largest absolute Gasteiger partial charge is 0.351 e. The van der Waals surface area contributed by atoms with Crippen LogP contribution in [0.4, 0.5) is 11.6 Å². The topological polar surface area (TPSA) is 70.2 Å². The molecule has 3 aromatic rings. The minimum absolute atomic E-state index is 0.279. The van der Waals surface area contributed by atoms with Crippen LogP contribution in [-0.2, 0) is 4.79 Å². The second-order valence-electron chi connectivity index (χ2n) is 7.61. The number of halogens is 1. The second-order valence-corrected chi connectivity index (χ2v) is 8.05. The van der Waals surface area contributed by atoms with Crippen LogP contribution in [0.5, 0.6) is 0 Å². The molecule has 2 heterocycles. The van der Waals surface area contributed by atoms with Crippen LogP contribution in [-0.4, -0.2) is 47.0 Å². The highest BCUT2D eigenvalue weighted by molar-refractivity contribution is 6.31. The Kier molecular flexibility index (Phi) is 5.97. The third kappa shape index (κ3) is 4.78. The van der Waals surface area contributed by atoms with Gasteiger partial charge in [-0.1, -0.05) is 30.3 Å². The maximum atomic E-state index is 11.6. The minimum atomic E-state index is -0.279. The average Bonchev–Trinajstić information content (AvgIpc) is 2.74. The lowest BCUT2D eigenvalue weighted by atomic mass is 10.0. The number of benzene rings is 2. The fourth-order valence-electron chi connectivity index (χ4n) is 3.63. The Hall–Kier alpha value is -2.96. The van der Waals surface area contributed by atoms with Crippen LogP contribution < -0.4 is 10.6 Å². The summed E-state index contributed by atoms with van der Waals surface area (Å²) < 4.78 is 0. The van der Waals surface area contributed by atoms with Gasteiger partial charge in [-0.2, -0.15) is 0 Å². The van der Waals surface area contributed by atoms with E-state index in [9.17, 15) is 4.79 Å². The molecule has 7 heteroatoms. The molecule has 1 aromatic heterocycles. The highest BCUT2D eigenvalue weighted by Gasteiger charge is 2.17. The van der Waals surface area contributed by atoms with Gasteiger partial charge in [-0.25, -0.2) is 9.97 Å². The van der Waals surface area contributed by atoms with Crippen LogP contribution in [0, 0.1) is 0 Å². The molecule has 0 spiro atoms. The number of amides is 1. The molecule has 1 aliphatic rings. The first-order valence-corrected chi connectivity index (χ1v) is 10.3. The molecule has 0 atom stereocenters. The van der Waals surface area contributed by atoms with Crippen LogP contribution in [0.3, 0.4) is 0 Å². The van der Waals surface area contributed by atoms with Crippen molar-refractivity contribution in [2.24, 2.45) is 0 Å². The van der Waals surface area contributed by atoms with E-state index in [2.05, 4.69) is 34.1 Å². The molecule has 1 amide bonds. The number of rotatable bonds is 5. The van der Waals surface area contributed by atoms with E-state index in [4.69, 9.17) is 16.6 Å². The molecule has 4 rings (SSSR count). The van der Waals surface area contributed by atoms with Gasteiger partial charge in [0.1, 0.15) is 0 Å². The highest BCUT2D eigenvalue weighted by atomic mass is 35.5. The van der Waals surface area contributed by atoms with Crippen LogP contribution in [0.2, 0.25) is 5.02 Å². The van der Waals surface area contributed by atoms with Gasteiger partial charge in [0.25, 0.3) is 0 Å². The molecule has 0 aliphatic carbocycles. The fraction of sp³-hybridized carbons (Fsp3) is 0.261. The molecule has 0 unspecified atom stereocenters. The molecular weight excluding hydrogens is 398 g/mol. The lowest BCUT2D eigenvalue weighted by Gasteiger charge is -2.29. The van der Waals surface area contributed by atoms with Crippen molar-refractivity contribution in [2.45, 2.75) is 18.9 Å². The van der Waals surface area contributed by atoms with Gasteiger partial charge in [-0.15, -0.1) is 0 Å². The van der Waals surface area contributed by atoms with Crippen LogP contribution >= 0.6 is 11.6 Å². The summed E-state index contributed by atoms with van der Waals surface area (Å²) in [5, 5.41) is 7.74. The van der Waals surface area contributed by atoms with Crippen molar-refractivity contribution in [3.63, 3.8) is 0 Å². The van der Waals surface area contributed by atoms with Crippen molar-refractivity contribution >= 4 is 40.0 Å². The molecular formula is C23H24ClN5O. The van der Waals surface area contributed by atoms with Crippen molar-refractivity contribution in [3.05, 3.63) is 60.3 Å². The van der Waals surface area contributed by atoms with Crippen LogP contribution in [0.15, 0.2) is 55.3 Å². The number of carbonyl (C=O) groups is 1. The zero-order chi connectivity index (χ0) is 21.1. The van der Waals surface area contributed by atoms with E-state index in [1.807, 2.05) is 36.5 Å². The van der Waals surface area contributed by atoms with Crippen molar-refractivity contribution in [2.75, 3.05) is 30.8 Å². The normalized spacial score (nSPS) is 15.1. The Labute approximate surface area is 181 Å². The minimum Gasteiger partial charge on any atom is -0.351 e. The number of hydrogen-bond acceptors (Lipinski definition) is 5. The van der Waals surface area contributed by atoms with Crippen molar-refractivity contribution in [1.29, 1.82) is 0 Å². The molecule has 1 aliphatic heterocycles. The maximum Gasteiger partial charge on any atom is 0.247 e. The van der Waals surface area contributed by atoms with Crippen molar-refractivity contribution in [1.82, 2.24) is 14.9 Å². The first-order valence-electron chi connectivity index (χ1n) is 9.96. The van der Waals surface area contributed by atoms with E-state index < -0.39 is 0 Å². The summed E-state index contributed by atoms with van der Waals surface area (Å²) in [6.07, 6.45) is 5.24. The Balaban J connectivity index is 1.61. The SMILES string of the molecule is C=CC(=O)Nc1cc(Cl)cc(-c2ccc3cnc(NC4CCN(C)CC4)nc3c2)c1. The molecule has 30 heavy (non-hydrogen) atoms. The van der Waals surface area contributed by atoms with Gasteiger partial charge in [0.15, 0.2) is 0 Å². The van der Waals surface area contributed by atoms with Crippen molar-refractivity contribution in [3.8, 4) is 11.1 Å². The highest BCUT2D eigenvalue weighted by Crippen LogP contribution is 2.29. The summed E-state index contributed by atoms with van der Waals surface area (Å²) in [6, 6.07) is 11.9. The van der Waals surface area contributed by atoms with Crippen LogP contribution in [0.25, 0.3) is 22.0 Å². The van der Waals surface area contributed by atoms with Gasteiger partial charge >= 0.3 is 0 Å². The molecule has 2 aromatic carbocycles. The van der Waals surface area contributed by atoms with E-state index in [0.29, 0.717) is 22.7 Å². The molecule has 0 saturated carbocycles. The predicted molar refractivity (Wildman–Crippen MR) is 123 cm³/mol. The summed E-state index contributed by atoms with van der Waals surface area (Å²) in [5.74, 6) is 0.373. The van der Waals surface area contributed by atoms with Gasteiger partial charge in [-0.05, 0) is 74.4 Å². The number of nitrogens with one attached hydrogen (secondary N) is 2. The number of nitrogens with zero attached hydrogens (tertiary/aromatic N) is 3. The number of anilines is 2. The third-order valence-corrected chi connectivity index (χ3v) is 5.54. The third-order valence-electron chi connectivity index (χ3n) is 5.32. The number of hydrogen-bond donors (Lipinski definition) is 2. The number of aromatic nitrogens is 2. The Morgan fingerprint density at radius 2 is 2.00 bits per heavy atom. The lowest BCUT2D eigenvalue weighted by molar-refractivity contribution is -0.111. The standard InChI is InChI=1S/C23H24ClN5O/c1-3-22(30)26-20-11-17(10-18(24)13-20)15-4-5-16-14-25-23(28-21(16)12-15)27-19-6-8-29(2)9-7-19/h3-5,10-14,19H,1,6-9H2,2H3,(H,26,30)(H,25,27,28). The average molecular weight is 422 g/mol. The molecule has 2 N–H and O–H groups in total. The number of likely N-dealkylation sites (tertiary alicyclic amines) is 1. The van der Waals surface area contributed by atoms with E-state index in [-0.39, 0.29) is 5.91 Å². The Bertz CT molecular complexity index is 1090. The fourth-order valence-corrected chi connectivity index (χ4v) is 3.86. The van der Waals surface area contributed by atoms with E-state index in [1.165, 1.54) is 6.08 Å². The molecule has 6 nitrogen and oxygen atoms in total. The monoisotopic (exact) mass is 421 g/mol. The Morgan fingerprint density at radius 3 is 2.77 bits per heavy atom. The van der Waals surface area contributed by atoms with Gasteiger partial charge in [0.05, 0.1) is 5.52 Å². The summed E-state index contributed by atoms with van der Waals surface area (Å²) in [7, 11) is 2.15. The first-order chi connectivity index (χ1) is 14.5. The van der Waals surface area contributed by atoms with Crippen molar-refractivity contribution < 1.29 is 4.79 Å². The summed E-state index contributed by atoms with van der Waals surface area (Å²) >= 11 is 6.27. The number of fused-ring (bicyclic) bond motifs is 1. The quantitative estimate of drug-likeness (QED) is 0.590. The summed E-state index contributed by atoms with van der Waals surface area (Å²) in [5.41, 5.74) is 3.33. The van der Waals surface area contributed by atoms with Crippen LogP contribution in [0.1, 0.15) is 12.8 Å². The molecule has 0 radical (unpaired) electrons. The van der Waals surface area contributed by atoms with E-state index in [0.717, 1.165) is 48.0 Å². The lowest BCUT2D eigenvalue weighted by Crippen LogP contribution is -2.37. The molecule has 1 fully saturated rings. The summed E-state index contributed by atoms with van der Waals surface area (Å²) in [4.78, 5) is 23.2. The predicted octanol–water partition coefficient (Wildman–Crippen LogP) is 4.58. The van der Waals surface area contributed by atoms with Gasteiger partial charge in [0.2, 0.25) is 11.9 Å². The smallest absolute Gasteiger partial charge is 0.247 e. The van der Waals surface area contributed by atoms with Gasteiger partial charge in [-0.3, -0.25) is 4.79 Å². The number of carbonyl (C=O) groups excluding carboxylic acids is 1. The zero-order valence-corrected chi connectivity index (χ0v) is 17.6. The van der Waals surface area contributed by atoms with E-state index >= 15 is 0 Å². The van der Waals surface area contributed by atoms with E-state index in [1.54, 1.807) is 6.07 Å². The maximum absolute atomic E-state index is 11.6. The first kappa shape index (κ1) is 20.3. The molecule has 154 valence electrons. The summed E-state index contributed by atoms with van der Waals surface area (Å²) in [6.45, 7) is 5.64. The molecule has 0 bridgehead atoms. The van der Waals surface area contributed by atoms with Gasteiger partial charge in [0, 0.05) is 28.3 Å². The zero-order valence-electron chi connectivity index (χ0n) is 16.9. The second kappa shape index (κ2) is 8.81. The number of piperidine rings is 1.